The number of sulfone groups is 1. The van der Waals surface area contributed by atoms with Crippen LogP contribution in [0.25, 0.3) is 0 Å². The summed E-state index contributed by atoms with van der Waals surface area (Å²) in [5.74, 6) is 0. The predicted octanol–water partition coefficient (Wildman–Crippen LogP) is -0.106. The van der Waals surface area contributed by atoms with Crippen molar-refractivity contribution in [1.29, 1.82) is 0 Å². The number of likely N-dealkylation sites (tertiary alicyclic amines) is 1. The van der Waals surface area contributed by atoms with Crippen molar-refractivity contribution in [3.05, 3.63) is 0 Å². The van der Waals surface area contributed by atoms with Crippen LogP contribution in [0, 0.1) is 0 Å². The van der Waals surface area contributed by atoms with E-state index in [1.807, 2.05) is 7.05 Å². The third kappa shape index (κ3) is 1.81. The average molecular weight is 219 g/mol. The first-order chi connectivity index (χ1) is 6.60. The van der Waals surface area contributed by atoms with Gasteiger partial charge in [-0.05, 0) is 33.0 Å². The molecule has 0 saturated carbocycles. The maximum atomic E-state index is 12.0. The lowest BCUT2D eigenvalue weighted by Crippen LogP contribution is -2.48. The maximum Gasteiger partial charge on any atom is 0.160 e. The highest BCUT2D eigenvalue weighted by Gasteiger charge is 2.39. The van der Waals surface area contributed by atoms with Crippen molar-refractivity contribution in [3.63, 3.8) is 0 Å². The first kappa shape index (κ1) is 10.4. The molecular weight excluding hydrogens is 202 g/mol. The highest BCUT2D eigenvalue weighted by Crippen LogP contribution is 2.24. The lowest BCUT2D eigenvalue weighted by Gasteiger charge is -2.34. The summed E-state index contributed by atoms with van der Waals surface area (Å²) in [6.45, 7) is 2.62. The zero-order chi connectivity index (χ0) is 10.2. The molecular formula is C9H17NO3S. The van der Waals surface area contributed by atoms with Crippen molar-refractivity contribution in [2.75, 3.05) is 33.4 Å². The van der Waals surface area contributed by atoms with E-state index in [1.54, 1.807) is 0 Å². The fraction of sp³-hybridized carbons (Fsp3) is 1.00. The van der Waals surface area contributed by atoms with Crippen LogP contribution in [0.15, 0.2) is 0 Å². The van der Waals surface area contributed by atoms with Crippen LogP contribution >= 0.6 is 0 Å². The monoisotopic (exact) mass is 219 g/mol. The van der Waals surface area contributed by atoms with Crippen molar-refractivity contribution < 1.29 is 13.2 Å². The van der Waals surface area contributed by atoms with E-state index in [0.29, 0.717) is 13.2 Å². The lowest BCUT2D eigenvalue weighted by atomic mass is 10.1. The van der Waals surface area contributed by atoms with E-state index >= 15 is 0 Å². The molecule has 0 atom stereocenters. The topological polar surface area (TPSA) is 46.6 Å². The van der Waals surface area contributed by atoms with Crippen LogP contribution in [0.1, 0.15) is 12.8 Å². The molecule has 0 N–H and O–H groups in total. The van der Waals surface area contributed by atoms with Crippen LogP contribution in [0.3, 0.4) is 0 Å². The molecule has 0 aromatic rings. The summed E-state index contributed by atoms with van der Waals surface area (Å²) < 4.78 is 28.9. The van der Waals surface area contributed by atoms with Gasteiger partial charge >= 0.3 is 0 Å². The SMILES string of the molecule is CN1CCC(S(=O)(=O)C2COC2)CC1. The zero-order valence-corrected chi connectivity index (χ0v) is 9.29. The summed E-state index contributed by atoms with van der Waals surface area (Å²) in [6.07, 6.45) is 1.57. The van der Waals surface area contributed by atoms with Crippen LogP contribution in [-0.4, -0.2) is 57.2 Å². The number of nitrogens with zero attached hydrogens (tertiary/aromatic N) is 1. The van der Waals surface area contributed by atoms with E-state index < -0.39 is 9.84 Å². The molecule has 0 radical (unpaired) electrons. The van der Waals surface area contributed by atoms with Gasteiger partial charge in [0.15, 0.2) is 9.84 Å². The molecule has 5 heteroatoms. The predicted molar refractivity (Wildman–Crippen MR) is 54.0 cm³/mol. The summed E-state index contributed by atoms with van der Waals surface area (Å²) in [5.41, 5.74) is 0. The van der Waals surface area contributed by atoms with Crippen LogP contribution in [0.5, 0.6) is 0 Å². The molecule has 0 aromatic carbocycles. The summed E-state index contributed by atoms with van der Waals surface area (Å²) >= 11 is 0. The van der Waals surface area contributed by atoms with Crippen LogP contribution in [-0.2, 0) is 14.6 Å². The van der Waals surface area contributed by atoms with Crippen molar-refractivity contribution in [2.45, 2.75) is 23.3 Å². The number of hydrogen-bond acceptors (Lipinski definition) is 4. The fourth-order valence-electron chi connectivity index (χ4n) is 1.99. The minimum atomic E-state index is -2.90. The van der Waals surface area contributed by atoms with E-state index in [9.17, 15) is 8.42 Å². The molecule has 2 fully saturated rings. The van der Waals surface area contributed by atoms with Gasteiger partial charge in [0.1, 0.15) is 5.25 Å². The second kappa shape index (κ2) is 3.79. The molecule has 0 bridgehead atoms. The Bertz CT molecular complexity index is 289. The highest BCUT2D eigenvalue weighted by molar-refractivity contribution is 7.92. The molecule has 14 heavy (non-hydrogen) atoms. The summed E-state index contributed by atoms with van der Waals surface area (Å²) in [6, 6.07) is 0. The van der Waals surface area contributed by atoms with Crippen molar-refractivity contribution in [1.82, 2.24) is 4.90 Å². The molecule has 2 aliphatic heterocycles. The van der Waals surface area contributed by atoms with Gasteiger partial charge in [0.05, 0.1) is 18.5 Å². The smallest absolute Gasteiger partial charge is 0.160 e. The van der Waals surface area contributed by atoms with E-state index in [0.717, 1.165) is 25.9 Å². The summed E-state index contributed by atoms with van der Waals surface area (Å²) in [4.78, 5) is 2.18. The van der Waals surface area contributed by atoms with E-state index in [1.165, 1.54) is 0 Å². The Morgan fingerprint density at radius 1 is 1.14 bits per heavy atom. The van der Waals surface area contributed by atoms with Gasteiger partial charge in [-0.1, -0.05) is 0 Å². The molecule has 0 amide bonds. The van der Waals surface area contributed by atoms with Gasteiger partial charge in [-0.3, -0.25) is 0 Å². The molecule has 2 heterocycles. The second-order valence-corrected chi connectivity index (χ2v) is 6.76. The molecule has 0 spiro atoms. The summed E-state index contributed by atoms with van der Waals surface area (Å²) in [5, 5.41) is -0.330. The quantitative estimate of drug-likeness (QED) is 0.650. The second-order valence-electron chi connectivity index (χ2n) is 4.25. The van der Waals surface area contributed by atoms with Gasteiger partial charge < -0.3 is 9.64 Å². The van der Waals surface area contributed by atoms with Crippen LogP contribution in [0.4, 0.5) is 0 Å². The zero-order valence-electron chi connectivity index (χ0n) is 8.48. The van der Waals surface area contributed by atoms with Gasteiger partial charge in [-0.25, -0.2) is 8.42 Å². The largest absolute Gasteiger partial charge is 0.379 e. The Morgan fingerprint density at radius 2 is 1.71 bits per heavy atom. The molecule has 4 nitrogen and oxygen atoms in total. The minimum absolute atomic E-state index is 0.118. The number of ether oxygens (including phenoxy) is 1. The normalized spacial score (nSPS) is 27.5. The average Bonchev–Trinajstić information content (AvgIpc) is 2.00. The third-order valence-corrected chi connectivity index (χ3v) is 5.80. The maximum absolute atomic E-state index is 12.0. The fourth-order valence-corrected chi connectivity index (χ4v) is 3.97. The Balaban J connectivity index is 2.00. The molecule has 0 aromatic heterocycles. The molecule has 2 rings (SSSR count). The van der Waals surface area contributed by atoms with Crippen molar-refractivity contribution in [3.8, 4) is 0 Å². The number of hydrogen-bond donors (Lipinski definition) is 0. The standard InChI is InChI=1S/C9H17NO3S/c1-10-4-2-8(3-5-10)14(11,12)9-6-13-7-9/h8-9H,2-7H2,1H3. The van der Waals surface area contributed by atoms with E-state index in [4.69, 9.17) is 4.74 Å². The van der Waals surface area contributed by atoms with E-state index in [-0.39, 0.29) is 10.5 Å². The van der Waals surface area contributed by atoms with E-state index in [2.05, 4.69) is 4.90 Å². The number of piperidine rings is 1. The van der Waals surface area contributed by atoms with Crippen LogP contribution in [0.2, 0.25) is 0 Å². The van der Waals surface area contributed by atoms with Gasteiger partial charge in [-0.2, -0.15) is 0 Å². The number of rotatable bonds is 2. The Labute approximate surface area is 85.1 Å². The third-order valence-electron chi connectivity index (χ3n) is 3.20. The first-order valence-electron chi connectivity index (χ1n) is 5.09. The molecule has 2 saturated heterocycles. The van der Waals surface area contributed by atoms with Gasteiger partial charge in [-0.15, -0.1) is 0 Å². The van der Waals surface area contributed by atoms with Gasteiger partial charge in [0.25, 0.3) is 0 Å². The van der Waals surface area contributed by atoms with Gasteiger partial charge in [0.2, 0.25) is 0 Å². The summed E-state index contributed by atoms with van der Waals surface area (Å²) in [7, 11) is -0.863. The van der Waals surface area contributed by atoms with Crippen LogP contribution < -0.4 is 0 Å². The highest BCUT2D eigenvalue weighted by atomic mass is 32.2. The Hall–Kier alpha value is -0.130. The van der Waals surface area contributed by atoms with Gasteiger partial charge in [0, 0.05) is 0 Å². The first-order valence-corrected chi connectivity index (χ1v) is 6.70. The Morgan fingerprint density at radius 3 is 2.14 bits per heavy atom. The Kier molecular flexibility index (Phi) is 2.81. The molecule has 82 valence electrons. The molecule has 2 aliphatic rings. The van der Waals surface area contributed by atoms with Crippen molar-refractivity contribution >= 4 is 9.84 Å². The van der Waals surface area contributed by atoms with Crippen molar-refractivity contribution in [2.24, 2.45) is 0 Å². The molecule has 0 aliphatic carbocycles. The molecule has 0 unspecified atom stereocenters. The lowest BCUT2D eigenvalue weighted by molar-refractivity contribution is 0.0409. The minimum Gasteiger partial charge on any atom is -0.379 e.